The molecule has 0 radical (unpaired) electrons. The molecule has 0 amide bonds. The maximum absolute atomic E-state index is 12.7. The Morgan fingerprint density at radius 3 is 2.04 bits per heavy atom. The van der Waals surface area contributed by atoms with Gasteiger partial charge in [0.2, 0.25) is 6.29 Å². The van der Waals surface area contributed by atoms with Gasteiger partial charge in [0.1, 0.15) is 0 Å². The number of hydrogen-bond donors (Lipinski definition) is 0. The van der Waals surface area contributed by atoms with Gasteiger partial charge >= 0.3 is 5.97 Å². The number of hydroxylamine groups is 2. The first-order valence-electron chi connectivity index (χ1n) is 10.0. The fourth-order valence-corrected chi connectivity index (χ4v) is 4.05. The molecular formula is C24H31NO3. The van der Waals surface area contributed by atoms with E-state index >= 15 is 0 Å². The molecule has 1 aliphatic heterocycles. The van der Waals surface area contributed by atoms with Gasteiger partial charge in [-0.15, -0.1) is 0 Å². The van der Waals surface area contributed by atoms with Gasteiger partial charge in [-0.1, -0.05) is 48.5 Å². The van der Waals surface area contributed by atoms with Crippen molar-refractivity contribution in [3.05, 3.63) is 71.8 Å². The van der Waals surface area contributed by atoms with Crippen LogP contribution in [0, 0.1) is 0 Å². The minimum atomic E-state index is -0.688. The Kier molecular flexibility index (Phi) is 6.21. The van der Waals surface area contributed by atoms with Crippen molar-refractivity contribution >= 4 is 5.97 Å². The van der Waals surface area contributed by atoms with E-state index in [0.29, 0.717) is 12.0 Å². The van der Waals surface area contributed by atoms with E-state index in [-0.39, 0.29) is 17.0 Å². The van der Waals surface area contributed by atoms with Crippen LogP contribution in [0.1, 0.15) is 62.9 Å². The molecule has 28 heavy (non-hydrogen) atoms. The Balaban J connectivity index is 1.82. The topological polar surface area (TPSA) is 38.8 Å². The van der Waals surface area contributed by atoms with Crippen molar-refractivity contribution in [2.75, 3.05) is 0 Å². The molecule has 0 spiro atoms. The molecule has 2 aromatic rings. The van der Waals surface area contributed by atoms with Crippen LogP contribution in [0.3, 0.4) is 0 Å². The van der Waals surface area contributed by atoms with Crippen molar-refractivity contribution in [1.82, 2.24) is 5.06 Å². The Labute approximate surface area is 168 Å². The third-order valence-electron chi connectivity index (χ3n) is 5.39. The van der Waals surface area contributed by atoms with Crippen molar-refractivity contribution in [3.63, 3.8) is 0 Å². The third kappa shape index (κ3) is 5.00. The number of carbonyl (C=O) groups excluding carboxylic acids is 1. The molecule has 0 bridgehead atoms. The number of piperidine rings is 1. The zero-order valence-corrected chi connectivity index (χ0v) is 17.4. The number of carbonyl (C=O) groups is 1. The van der Waals surface area contributed by atoms with Gasteiger partial charge in [0, 0.05) is 17.5 Å². The second-order valence-corrected chi connectivity index (χ2v) is 8.77. The monoisotopic (exact) mass is 381 g/mol. The number of esters is 1. The summed E-state index contributed by atoms with van der Waals surface area (Å²) in [4.78, 5) is 19.1. The number of benzene rings is 2. The molecule has 1 atom stereocenters. The average Bonchev–Trinajstić information content (AvgIpc) is 2.66. The summed E-state index contributed by atoms with van der Waals surface area (Å²) in [7, 11) is 0. The van der Waals surface area contributed by atoms with Crippen LogP contribution in [-0.2, 0) is 16.0 Å². The number of nitrogens with zero attached hydrogens (tertiary/aromatic N) is 1. The van der Waals surface area contributed by atoms with Gasteiger partial charge in [-0.25, -0.2) is 4.79 Å². The van der Waals surface area contributed by atoms with Gasteiger partial charge in [0.05, 0.1) is 5.56 Å². The predicted octanol–water partition coefficient (Wildman–Crippen LogP) is 5.39. The highest BCUT2D eigenvalue weighted by Gasteiger charge is 2.44. The van der Waals surface area contributed by atoms with Gasteiger partial charge < -0.3 is 4.74 Å². The predicted molar refractivity (Wildman–Crippen MR) is 111 cm³/mol. The lowest BCUT2D eigenvalue weighted by molar-refractivity contribution is -0.342. The molecular weight excluding hydrogens is 350 g/mol. The molecule has 1 unspecified atom stereocenters. The minimum Gasteiger partial charge on any atom is -0.430 e. The average molecular weight is 382 g/mol. The van der Waals surface area contributed by atoms with Crippen LogP contribution in [0.5, 0.6) is 0 Å². The van der Waals surface area contributed by atoms with Crippen molar-refractivity contribution in [1.29, 1.82) is 0 Å². The van der Waals surface area contributed by atoms with Gasteiger partial charge in [-0.3, -0.25) is 4.84 Å². The molecule has 2 aromatic carbocycles. The zero-order chi connectivity index (χ0) is 20.2. The molecule has 0 saturated carbocycles. The Morgan fingerprint density at radius 1 is 0.929 bits per heavy atom. The molecule has 150 valence electrons. The van der Waals surface area contributed by atoms with E-state index in [2.05, 4.69) is 32.8 Å². The summed E-state index contributed by atoms with van der Waals surface area (Å²) in [5, 5.41) is 2.05. The summed E-state index contributed by atoms with van der Waals surface area (Å²) in [6, 6.07) is 19.1. The molecule has 4 heteroatoms. The number of ether oxygens (including phenoxy) is 1. The Hall–Kier alpha value is -2.17. The smallest absolute Gasteiger partial charge is 0.340 e. The molecule has 0 N–H and O–H groups in total. The number of rotatable bonds is 6. The minimum absolute atomic E-state index is 0.129. The normalized spacial score (nSPS) is 19.7. The molecule has 1 aliphatic rings. The van der Waals surface area contributed by atoms with E-state index in [9.17, 15) is 4.79 Å². The van der Waals surface area contributed by atoms with E-state index < -0.39 is 6.29 Å². The van der Waals surface area contributed by atoms with Crippen LogP contribution in [0.2, 0.25) is 0 Å². The van der Waals surface area contributed by atoms with Crippen LogP contribution < -0.4 is 0 Å². The highest BCUT2D eigenvalue weighted by atomic mass is 16.8. The van der Waals surface area contributed by atoms with Gasteiger partial charge in [-0.05, 0) is 64.7 Å². The van der Waals surface area contributed by atoms with Crippen LogP contribution in [-0.4, -0.2) is 28.4 Å². The molecule has 1 saturated heterocycles. The highest BCUT2D eigenvalue weighted by molar-refractivity contribution is 5.89. The first kappa shape index (κ1) is 20.6. The lowest BCUT2D eigenvalue weighted by atomic mass is 9.82. The summed E-state index contributed by atoms with van der Waals surface area (Å²) in [5.74, 6) is -0.367. The molecule has 3 rings (SSSR count). The standard InChI is InChI=1S/C24H31NO3/c1-23(2)16-11-17-24(3,4)25(23)28-21(18-19-12-7-5-8-13-19)27-22(26)20-14-9-6-10-15-20/h5-10,12-15,21H,11,16-18H2,1-4H3. The summed E-state index contributed by atoms with van der Waals surface area (Å²) >= 11 is 0. The first-order valence-corrected chi connectivity index (χ1v) is 10.0. The summed E-state index contributed by atoms with van der Waals surface area (Å²) in [6.45, 7) is 8.75. The van der Waals surface area contributed by atoms with E-state index in [1.165, 1.54) is 0 Å². The quantitative estimate of drug-likeness (QED) is 0.497. The summed E-state index contributed by atoms with van der Waals surface area (Å²) in [5.41, 5.74) is 1.34. The molecule has 1 fully saturated rings. The van der Waals surface area contributed by atoms with Crippen molar-refractivity contribution in [2.24, 2.45) is 0 Å². The van der Waals surface area contributed by atoms with Gasteiger partial charge in [0.25, 0.3) is 0 Å². The fourth-order valence-electron chi connectivity index (χ4n) is 4.05. The second-order valence-electron chi connectivity index (χ2n) is 8.77. The number of hydrogen-bond acceptors (Lipinski definition) is 4. The summed E-state index contributed by atoms with van der Waals surface area (Å²) < 4.78 is 5.83. The van der Waals surface area contributed by atoms with Gasteiger partial charge in [0.15, 0.2) is 0 Å². The van der Waals surface area contributed by atoms with Crippen LogP contribution in [0.15, 0.2) is 60.7 Å². The summed E-state index contributed by atoms with van der Waals surface area (Å²) in [6.07, 6.45) is 3.06. The van der Waals surface area contributed by atoms with E-state index in [0.717, 1.165) is 24.8 Å². The largest absolute Gasteiger partial charge is 0.430 e. The lowest BCUT2D eigenvalue weighted by Crippen LogP contribution is -2.59. The van der Waals surface area contributed by atoms with Crippen LogP contribution in [0.4, 0.5) is 0 Å². The van der Waals surface area contributed by atoms with Crippen LogP contribution in [0.25, 0.3) is 0 Å². The second kappa shape index (κ2) is 8.46. The molecule has 0 aromatic heterocycles. The molecule has 4 nitrogen and oxygen atoms in total. The SMILES string of the molecule is CC1(C)CCCC(C)(C)N1OC(Cc1ccccc1)OC(=O)c1ccccc1. The lowest BCUT2D eigenvalue weighted by Gasteiger charge is -2.52. The fraction of sp³-hybridized carbons (Fsp3) is 0.458. The molecule has 1 heterocycles. The van der Waals surface area contributed by atoms with E-state index in [1.54, 1.807) is 12.1 Å². The van der Waals surface area contributed by atoms with Gasteiger partial charge in [-0.2, -0.15) is 5.06 Å². The van der Waals surface area contributed by atoms with Crippen LogP contribution >= 0.6 is 0 Å². The zero-order valence-electron chi connectivity index (χ0n) is 17.4. The third-order valence-corrected chi connectivity index (χ3v) is 5.39. The van der Waals surface area contributed by atoms with Crippen molar-refractivity contribution < 1.29 is 14.4 Å². The molecule has 0 aliphatic carbocycles. The Bertz CT molecular complexity index is 755. The van der Waals surface area contributed by atoms with E-state index in [4.69, 9.17) is 9.57 Å². The van der Waals surface area contributed by atoms with E-state index in [1.807, 2.05) is 48.5 Å². The Morgan fingerprint density at radius 2 is 1.46 bits per heavy atom. The van der Waals surface area contributed by atoms with Crippen molar-refractivity contribution in [2.45, 2.75) is 70.7 Å². The first-order chi connectivity index (χ1) is 13.3. The maximum atomic E-state index is 12.7. The van der Waals surface area contributed by atoms with Crippen molar-refractivity contribution in [3.8, 4) is 0 Å². The highest BCUT2D eigenvalue weighted by Crippen LogP contribution is 2.39. The maximum Gasteiger partial charge on any atom is 0.340 e.